The quantitative estimate of drug-likeness (QED) is 0.458. The summed E-state index contributed by atoms with van der Waals surface area (Å²) >= 11 is 9.30. The van der Waals surface area contributed by atoms with E-state index in [9.17, 15) is 0 Å². The summed E-state index contributed by atoms with van der Waals surface area (Å²) in [5.41, 5.74) is 0.494. The number of hydrogen-bond donors (Lipinski definition) is 0. The Bertz CT molecular complexity index is 105. The summed E-state index contributed by atoms with van der Waals surface area (Å²) in [5, 5.41) is 2.25. The zero-order valence-corrected chi connectivity index (χ0v) is 12.6. The van der Waals surface area contributed by atoms with Crippen molar-refractivity contribution < 1.29 is 0 Å². The molecule has 0 bridgehead atoms. The zero-order valence-electron chi connectivity index (χ0n) is 8.61. The molecule has 0 amide bonds. The van der Waals surface area contributed by atoms with E-state index in [4.69, 9.17) is 0 Å². The van der Waals surface area contributed by atoms with Gasteiger partial charge in [0.05, 0.1) is 0 Å². The first-order valence-electron chi connectivity index (χ1n) is 4.94. The van der Waals surface area contributed by atoms with Crippen LogP contribution in [0.4, 0.5) is 0 Å². The lowest BCUT2D eigenvalue weighted by Crippen LogP contribution is -2.23. The summed E-state index contributed by atoms with van der Waals surface area (Å²) in [7, 11) is 0. The van der Waals surface area contributed by atoms with Gasteiger partial charge in [-0.05, 0) is 36.2 Å². The minimum Gasteiger partial charge on any atom is -0.162 e. The van der Waals surface area contributed by atoms with Crippen LogP contribution in [0.5, 0.6) is 0 Å². The number of rotatable bonds is 8. The Morgan fingerprint density at radius 3 is 2.15 bits per heavy atom. The Labute approximate surface area is 104 Å². The molecule has 13 heavy (non-hydrogen) atoms. The molecule has 0 unspecified atom stereocenters. The van der Waals surface area contributed by atoms with Crippen LogP contribution < -0.4 is 0 Å². The molecule has 0 aliphatic rings. The maximum atomic E-state index is 3.63. The van der Waals surface area contributed by atoms with Gasteiger partial charge in [-0.25, -0.2) is 0 Å². The minimum absolute atomic E-state index is 0.494. The maximum Gasteiger partial charge on any atom is 0.00958 e. The molecule has 0 aliphatic carbocycles. The lowest BCUT2D eigenvalue weighted by molar-refractivity contribution is 0.342. The first-order valence-corrected chi connectivity index (χ1v) is 8.34. The molecule has 0 spiro atoms. The fourth-order valence-corrected chi connectivity index (χ4v) is 4.15. The molecule has 0 heterocycles. The lowest BCUT2D eigenvalue weighted by atomic mass is 9.85. The topological polar surface area (TPSA) is 0 Å². The van der Waals surface area contributed by atoms with Gasteiger partial charge < -0.3 is 0 Å². The van der Waals surface area contributed by atoms with E-state index in [1.807, 2.05) is 11.8 Å². The van der Waals surface area contributed by atoms with Crippen LogP contribution >= 0.6 is 43.6 Å². The van der Waals surface area contributed by atoms with Crippen molar-refractivity contribution in [1.82, 2.24) is 0 Å². The molecule has 0 N–H and O–H groups in total. The van der Waals surface area contributed by atoms with E-state index in [-0.39, 0.29) is 0 Å². The van der Waals surface area contributed by atoms with Crippen molar-refractivity contribution in [2.24, 2.45) is 5.41 Å². The highest BCUT2D eigenvalue weighted by molar-refractivity contribution is 9.09. The second-order valence-electron chi connectivity index (χ2n) is 3.42. The molecule has 0 nitrogen and oxygen atoms in total. The molecule has 0 aromatic heterocycles. The van der Waals surface area contributed by atoms with Crippen molar-refractivity contribution in [3.8, 4) is 0 Å². The number of alkyl halides is 2. The summed E-state index contributed by atoms with van der Waals surface area (Å²) < 4.78 is 0. The van der Waals surface area contributed by atoms with Gasteiger partial charge in [0, 0.05) is 10.7 Å². The highest BCUT2D eigenvalue weighted by Crippen LogP contribution is 2.32. The van der Waals surface area contributed by atoms with Gasteiger partial charge in [-0.15, -0.1) is 0 Å². The Hall–Kier alpha value is 1.31. The molecule has 0 atom stereocenters. The van der Waals surface area contributed by atoms with E-state index < -0.39 is 0 Å². The van der Waals surface area contributed by atoms with Gasteiger partial charge in [-0.2, -0.15) is 11.8 Å². The highest BCUT2D eigenvalue weighted by atomic mass is 79.9. The molecule has 0 fully saturated rings. The molecular weight excluding hydrogens is 312 g/mol. The largest absolute Gasteiger partial charge is 0.162 e. The fourth-order valence-electron chi connectivity index (χ4n) is 1.23. The second-order valence-corrected chi connectivity index (χ2v) is 5.94. The number of halogens is 2. The average Bonchev–Trinajstić information content (AvgIpc) is 2.20. The van der Waals surface area contributed by atoms with E-state index in [1.54, 1.807) is 0 Å². The van der Waals surface area contributed by atoms with Crippen molar-refractivity contribution >= 4 is 43.6 Å². The molecule has 0 rings (SSSR count). The monoisotopic (exact) mass is 330 g/mol. The molecule has 3 heteroatoms. The van der Waals surface area contributed by atoms with Crippen LogP contribution in [0.2, 0.25) is 0 Å². The maximum absolute atomic E-state index is 3.63. The smallest absolute Gasteiger partial charge is 0.00958 e. The SMILES string of the molecule is CCSCCCC(CC)(CBr)CBr. The number of thioether (sulfide) groups is 1. The van der Waals surface area contributed by atoms with Crippen LogP contribution in [0, 0.1) is 5.41 Å². The molecule has 80 valence electrons. The minimum atomic E-state index is 0.494. The third kappa shape index (κ3) is 5.68. The van der Waals surface area contributed by atoms with Crippen LogP contribution in [-0.2, 0) is 0 Å². The fraction of sp³-hybridized carbons (Fsp3) is 1.00. The van der Waals surface area contributed by atoms with Crippen molar-refractivity contribution in [1.29, 1.82) is 0 Å². The van der Waals surface area contributed by atoms with Gasteiger partial charge in [-0.3, -0.25) is 0 Å². The zero-order chi connectivity index (χ0) is 10.2. The average molecular weight is 332 g/mol. The Kier molecular flexibility index (Phi) is 9.47. The van der Waals surface area contributed by atoms with Crippen molar-refractivity contribution in [3.05, 3.63) is 0 Å². The Morgan fingerprint density at radius 2 is 1.77 bits per heavy atom. The van der Waals surface area contributed by atoms with Crippen molar-refractivity contribution in [3.63, 3.8) is 0 Å². The third-order valence-electron chi connectivity index (χ3n) is 2.52. The van der Waals surface area contributed by atoms with Crippen LogP contribution in [-0.4, -0.2) is 22.2 Å². The van der Waals surface area contributed by atoms with E-state index >= 15 is 0 Å². The van der Waals surface area contributed by atoms with E-state index in [2.05, 4.69) is 45.7 Å². The molecular formula is C10H20Br2S. The molecule has 0 saturated carbocycles. The Balaban J connectivity index is 3.68. The number of hydrogen-bond acceptors (Lipinski definition) is 1. The molecule has 0 aliphatic heterocycles. The summed E-state index contributed by atoms with van der Waals surface area (Å²) in [6.45, 7) is 4.52. The predicted molar refractivity (Wildman–Crippen MR) is 72.5 cm³/mol. The third-order valence-corrected chi connectivity index (χ3v) is 5.88. The van der Waals surface area contributed by atoms with Gasteiger partial charge in [0.1, 0.15) is 0 Å². The first-order chi connectivity index (χ1) is 6.24. The first kappa shape index (κ1) is 14.3. The Morgan fingerprint density at radius 1 is 1.15 bits per heavy atom. The summed E-state index contributed by atoms with van der Waals surface area (Å²) in [6, 6.07) is 0. The van der Waals surface area contributed by atoms with E-state index in [0.717, 1.165) is 10.7 Å². The van der Waals surface area contributed by atoms with Gasteiger partial charge in [0.2, 0.25) is 0 Å². The van der Waals surface area contributed by atoms with E-state index in [0.29, 0.717) is 5.41 Å². The van der Waals surface area contributed by atoms with Gasteiger partial charge in [-0.1, -0.05) is 45.7 Å². The molecule has 0 saturated heterocycles. The second kappa shape index (κ2) is 8.60. The van der Waals surface area contributed by atoms with Crippen molar-refractivity contribution in [2.75, 3.05) is 22.2 Å². The van der Waals surface area contributed by atoms with Crippen LogP contribution in [0.25, 0.3) is 0 Å². The summed E-state index contributed by atoms with van der Waals surface area (Å²) in [5.74, 6) is 2.57. The van der Waals surface area contributed by atoms with Crippen LogP contribution in [0.15, 0.2) is 0 Å². The van der Waals surface area contributed by atoms with Gasteiger partial charge in [0.25, 0.3) is 0 Å². The summed E-state index contributed by atoms with van der Waals surface area (Å²) in [6.07, 6.45) is 3.96. The standard InChI is InChI=1S/C10H20Br2S/c1-3-10(8-11,9-12)6-5-7-13-4-2/h3-9H2,1-2H3. The normalized spacial score (nSPS) is 12.0. The van der Waals surface area contributed by atoms with Crippen LogP contribution in [0.3, 0.4) is 0 Å². The highest BCUT2D eigenvalue weighted by Gasteiger charge is 2.24. The molecule has 0 radical (unpaired) electrons. The van der Waals surface area contributed by atoms with Gasteiger partial charge in [0.15, 0.2) is 0 Å². The van der Waals surface area contributed by atoms with Crippen molar-refractivity contribution in [2.45, 2.75) is 33.1 Å². The lowest BCUT2D eigenvalue weighted by Gasteiger charge is -2.28. The van der Waals surface area contributed by atoms with E-state index in [1.165, 1.54) is 30.8 Å². The summed E-state index contributed by atoms with van der Waals surface area (Å²) in [4.78, 5) is 0. The molecule has 0 aromatic carbocycles. The molecule has 0 aromatic rings. The predicted octanol–water partition coefficient (Wildman–Crippen LogP) is 4.71. The van der Waals surface area contributed by atoms with Crippen LogP contribution in [0.1, 0.15) is 33.1 Å². The van der Waals surface area contributed by atoms with Gasteiger partial charge >= 0.3 is 0 Å².